The predicted octanol–water partition coefficient (Wildman–Crippen LogP) is 3.65. The molecule has 0 aliphatic carbocycles. The molecule has 3 nitrogen and oxygen atoms in total. The van der Waals surface area contributed by atoms with Crippen LogP contribution in [0, 0.1) is 6.92 Å². The fourth-order valence-corrected chi connectivity index (χ4v) is 2.03. The molecule has 1 aromatic carbocycles. The molecule has 0 aliphatic rings. The number of nitrogens with two attached hydrogens (primary N) is 1. The van der Waals surface area contributed by atoms with Gasteiger partial charge in [-0.25, -0.2) is 0 Å². The number of hydrogen-bond donors (Lipinski definition) is 2. The van der Waals surface area contributed by atoms with E-state index in [2.05, 4.69) is 62.2 Å². The van der Waals surface area contributed by atoms with Gasteiger partial charge in [0, 0.05) is 11.0 Å². The molecule has 3 N–H and O–H groups in total. The van der Waals surface area contributed by atoms with E-state index < -0.39 is 0 Å². The average Bonchev–Trinajstić information content (AvgIpc) is 2.73. The summed E-state index contributed by atoms with van der Waals surface area (Å²) in [7, 11) is 0. The minimum atomic E-state index is 0.0465. The second kappa shape index (κ2) is 4.48. The van der Waals surface area contributed by atoms with E-state index >= 15 is 0 Å². The Balaban J connectivity index is 2.57. The van der Waals surface area contributed by atoms with Crippen LogP contribution >= 0.6 is 0 Å². The molecule has 0 aliphatic heterocycles. The molecule has 2 aromatic rings. The van der Waals surface area contributed by atoms with E-state index in [1.54, 1.807) is 0 Å². The fraction of sp³-hybridized carbons (Fsp3) is 0.400. The van der Waals surface area contributed by atoms with E-state index in [-0.39, 0.29) is 5.41 Å². The van der Waals surface area contributed by atoms with Crippen LogP contribution in [0.3, 0.4) is 0 Å². The third-order valence-electron chi connectivity index (χ3n) is 3.70. The molecule has 3 heteroatoms. The molecule has 18 heavy (non-hydrogen) atoms. The van der Waals surface area contributed by atoms with Crippen molar-refractivity contribution in [1.29, 1.82) is 0 Å². The number of aromatic nitrogens is 2. The van der Waals surface area contributed by atoms with Crippen molar-refractivity contribution in [1.82, 2.24) is 10.2 Å². The summed E-state index contributed by atoms with van der Waals surface area (Å²) in [5.74, 6) is 0.579. The minimum Gasteiger partial charge on any atom is -0.382 e. The Morgan fingerprint density at radius 1 is 1.22 bits per heavy atom. The third-order valence-corrected chi connectivity index (χ3v) is 3.70. The van der Waals surface area contributed by atoms with Gasteiger partial charge in [0.15, 0.2) is 5.82 Å². The molecular weight excluding hydrogens is 222 g/mol. The summed E-state index contributed by atoms with van der Waals surface area (Å²) in [6.45, 7) is 8.67. The van der Waals surface area contributed by atoms with Crippen molar-refractivity contribution in [3.63, 3.8) is 0 Å². The van der Waals surface area contributed by atoms with Crippen LogP contribution in [0.2, 0.25) is 0 Å². The molecule has 0 amide bonds. The van der Waals surface area contributed by atoms with Crippen molar-refractivity contribution >= 4 is 5.82 Å². The highest BCUT2D eigenvalue weighted by atomic mass is 15.2. The lowest BCUT2D eigenvalue weighted by atomic mass is 9.83. The Labute approximate surface area is 108 Å². The largest absolute Gasteiger partial charge is 0.382 e. The lowest BCUT2D eigenvalue weighted by molar-refractivity contribution is 0.490. The van der Waals surface area contributed by atoms with Crippen LogP contribution in [0.1, 0.15) is 38.4 Å². The van der Waals surface area contributed by atoms with Crippen molar-refractivity contribution in [2.45, 2.75) is 39.5 Å². The average molecular weight is 243 g/mol. The lowest BCUT2D eigenvalue weighted by Crippen LogP contribution is -2.17. The van der Waals surface area contributed by atoms with Gasteiger partial charge >= 0.3 is 0 Å². The summed E-state index contributed by atoms with van der Waals surface area (Å²) in [4.78, 5) is 0. The highest BCUT2D eigenvalue weighted by molar-refractivity contribution is 5.77. The van der Waals surface area contributed by atoms with Crippen LogP contribution in [0.15, 0.2) is 24.3 Å². The van der Waals surface area contributed by atoms with Gasteiger partial charge in [-0.15, -0.1) is 0 Å². The molecule has 0 unspecified atom stereocenters. The van der Waals surface area contributed by atoms with Gasteiger partial charge in [0.25, 0.3) is 0 Å². The summed E-state index contributed by atoms with van der Waals surface area (Å²) in [5.41, 5.74) is 10.6. The monoisotopic (exact) mass is 243 g/mol. The Morgan fingerprint density at radius 3 is 2.39 bits per heavy atom. The first-order chi connectivity index (χ1) is 8.45. The van der Waals surface area contributed by atoms with Gasteiger partial charge in [0.2, 0.25) is 0 Å². The van der Waals surface area contributed by atoms with E-state index in [1.165, 1.54) is 5.56 Å². The first-order valence-electron chi connectivity index (χ1n) is 6.37. The standard InChI is InChI=1S/C15H21N3/c1-5-15(3,4)13-12(14(16)18-17-13)11-8-6-10(2)7-9-11/h6-9H,5H2,1-4H3,(H3,16,17,18). The smallest absolute Gasteiger partial charge is 0.153 e. The molecule has 2 rings (SSSR count). The van der Waals surface area contributed by atoms with Gasteiger partial charge < -0.3 is 5.73 Å². The van der Waals surface area contributed by atoms with Crippen LogP contribution in [-0.4, -0.2) is 10.2 Å². The zero-order chi connectivity index (χ0) is 13.3. The number of nitrogens with one attached hydrogen (secondary N) is 1. The second-order valence-electron chi connectivity index (χ2n) is 5.46. The van der Waals surface area contributed by atoms with Crippen molar-refractivity contribution in [2.75, 3.05) is 5.73 Å². The lowest BCUT2D eigenvalue weighted by Gasteiger charge is -2.22. The van der Waals surface area contributed by atoms with Crippen LogP contribution in [-0.2, 0) is 5.41 Å². The van der Waals surface area contributed by atoms with E-state index in [9.17, 15) is 0 Å². The van der Waals surface area contributed by atoms with E-state index in [4.69, 9.17) is 5.73 Å². The van der Waals surface area contributed by atoms with Gasteiger partial charge in [0.1, 0.15) is 0 Å². The maximum absolute atomic E-state index is 6.02. The molecule has 96 valence electrons. The maximum Gasteiger partial charge on any atom is 0.153 e. The number of aryl methyl sites for hydroxylation is 1. The van der Waals surface area contributed by atoms with Crippen LogP contribution in [0.4, 0.5) is 5.82 Å². The van der Waals surface area contributed by atoms with Gasteiger partial charge in [-0.3, -0.25) is 5.10 Å². The normalized spacial score (nSPS) is 11.8. The number of nitrogens with zero attached hydrogens (tertiary/aromatic N) is 1. The molecule has 0 saturated heterocycles. The number of rotatable bonds is 3. The minimum absolute atomic E-state index is 0.0465. The summed E-state index contributed by atoms with van der Waals surface area (Å²) < 4.78 is 0. The van der Waals surface area contributed by atoms with Gasteiger partial charge in [-0.1, -0.05) is 50.6 Å². The predicted molar refractivity (Wildman–Crippen MR) is 76.5 cm³/mol. The van der Waals surface area contributed by atoms with Crippen molar-refractivity contribution < 1.29 is 0 Å². The van der Waals surface area contributed by atoms with Crippen molar-refractivity contribution in [2.24, 2.45) is 0 Å². The Bertz CT molecular complexity index is 535. The Hall–Kier alpha value is -1.77. The molecule has 1 heterocycles. The number of aromatic amines is 1. The quantitative estimate of drug-likeness (QED) is 0.864. The summed E-state index contributed by atoms with van der Waals surface area (Å²) in [5, 5.41) is 7.29. The number of anilines is 1. The third kappa shape index (κ3) is 2.13. The number of hydrogen-bond acceptors (Lipinski definition) is 2. The molecule has 0 saturated carbocycles. The number of H-pyrrole nitrogens is 1. The molecule has 0 spiro atoms. The second-order valence-corrected chi connectivity index (χ2v) is 5.46. The molecule has 0 bridgehead atoms. The highest BCUT2D eigenvalue weighted by Gasteiger charge is 2.26. The SMILES string of the molecule is CCC(C)(C)c1[nH]nc(N)c1-c1ccc(C)cc1. The van der Waals surface area contributed by atoms with Gasteiger partial charge in [-0.2, -0.15) is 5.10 Å². The molecular formula is C15H21N3. The topological polar surface area (TPSA) is 54.7 Å². The first-order valence-corrected chi connectivity index (χ1v) is 6.37. The first kappa shape index (κ1) is 12.7. The fourth-order valence-electron chi connectivity index (χ4n) is 2.03. The molecule has 0 radical (unpaired) electrons. The van der Waals surface area contributed by atoms with Crippen molar-refractivity contribution in [3.05, 3.63) is 35.5 Å². The Morgan fingerprint density at radius 2 is 1.83 bits per heavy atom. The molecule has 1 aromatic heterocycles. The van der Waals surface area contributed by atoms with E-state index in [1.807, 2.05) is 0 Å². The molecule has 0 atom stereocenters. The number of benzene rings is 1. The summed E-state index contributed by atoms with van der Waals surface area (Å²) in [6.07, 6.45) is 1.04. The van der Waals surface area contributed by atoms with Gasteiger partial charge in [-0.05, 0) is 18.9 Å². The van der Waals surface area contributed by atoms with E-state index in [0.717, 1.165) is 23.2 Å². The summed E-state index contributed by atoms with van der Waals surface area (Å²) in [6, 6.07) is 8.41. The summed E-state index contributed by atoms with van der Waals surface area (Å²) >= 11 is 0. The number of nitrogen functional groups attached to an aromatic ring is 1. The highest BCUT2D eigenvalue weighted by Crippen LogP contribution is 2.37. The zero-order valence-electron chi connectivity index (χ0n) is 11.5. The van der Waals surface area contributed by atoms with Gasteiger partial charge in [0.05, 0.1) is 5.69 Å². The van der Waals surface area contributed by atoms with Crippen LogP contribution in [0.5, 0.6) is 0 Å². The van der Waals surface area contributed by atoms with Crippen molar-refractivity contribution in [3.8, 4) is 11.1 Å². The van der Waals surface area contributed by atoms with Crippen LogP contribution < -0.4 is 5.73 Å². The molecule has 0 fully saturated rings. The van der Waals surface area contributed by atoms with Crippen LogP contribution in [0.25, 0.3) is 11.1 Å². The zero-order valence-corrected chi connectivity index (χ0v) is 11.5. The Kier molecular flexibility index (Phi) is 3.16. The maximum atomic E-state index is 6.02. The van der Waals surface area contributed by atoms with E-state index in [0.29, 0.717) is 5.82 Å².